The first-order valence-electron chi connectivity index (χ1n) is 16.6. The molecule has 232 valence electrons. The molecule has 0 bridgehead atoms. The number of H-pyrrole nitrogens is 1. The van der Waals surface area contributed by atoms with E-state index in [4.69, 9.17) is 0 Å². The number of carboxylic acid groups (broad SMARTS) is 1. The Morgan fingerprint density at radius 3 is 2.25 bits per heavy atom. The van der Waals surface area contributed by atoms with Gasteiger partial charge in [0.15, 0.2) is 0 Å². The monoisotopic (exact) mass is 563 g/mol. The Balaban J connectivity index is 1.69. The van der Waals surface area contributed by atoms with E-state index in [-0.39, 0.29) is 12.0 Å². The van der Waals surface area contributed by atoms with Crippen LogP contribution in [0, 0.1) is 17.8 Å². The summed E-state index contributed by atoms with van der Waals surface area (Å²) in [5.41, 5.74) is 1.64. The van der Waals surface area contributed by atoms with E-state index in [1.165, 1.54) is 31.2 Å². The fourth-order valence-corrected chi connectivity index (χ4v) is 6.53. The SMILES string of the molecule is CCCCCCCC(O)CCCCCCC(C(=O)O)C(O)CCC1(O)CCCC1Cc1cc(CCC(C)C)c[nH]1. The van der Waals surface area contributed by atoms with Crippen LogP contribution in [0.15, 0.2) is 12.3 Å². The van der Waals surface area contributed by atoms with Crippen LogP contribution in [0.25, 0.3) is 0 Å². The Morgan fingerprint density at radius 2 is 1.62 bits per heavy atom. The maximum atomic E-state index is 11.9. The lowest BCUT2D eigenvalue weighted by molar-refractivity contribution is -0.146. The van der Waals surface area contributed by atoms with E-state index in [1.807, 2.05) is 0 Å². The van der Waals surface area contributed by atoms with Crippen molar-refractivity contribution in [3.8, 4) is 0 Å². The maximum Gasteiger partial charge on any atom is 0.309 e. The third kappa shape index (κ3) is 13.1. The lowest BCUT2D eigenvalue weighted by atomic mass is 9.81. The molecule has 1 fully saturated rings. The number of hydrogen-bond acceptors (Lipinski definition) is 4. The van der Waals surface area contributed by atoms with Gasteiger partial charge in [-0.1, -0.05) is 85.0 Å². The van der Waals surface area contributed by atoms with Crippen LogP contribution >= 0.6 is 0 Å². The second kappa shape index (κ2) is 18.9. The second-order valence-corrected chi connectivity index (χ2v) is 13.3. The molecule has 5 unspecified atom stereocenters. The van der Waals surface area contributed by atoms with Crippen LogP contribution in [-0.2, 0) is 17.6 Å². The Kier molecular flexibility index (Phi) is 16.5. The first-order valence-corrected chi connectivity index (χ1v) is 16.6. The van der Waals surface area contributed by atoms with Gasteiger partial charge < -0.3 is 25.4 Å². The summed E-state index contributed by atoms with van der Waals surface area (Å²) in [6.07, 6.45) is 19.2. The molecule has 0 aliphatic heterocycles. The molecule has 1 saturated carbocycles. The number of unbranched alkanes of at least 4 members (excludes halogenated alkanes) is 7. The summed E-state index contributed by atoms with van der Waals surface area (Å²) in [6, 6.07) is 2.23. The van der Waals surface area contributed by atoms with Gasteiger partial charge in [0, 0.05) is 11.9 Å². The molecule has 1 aromatic rings. The number of carbonyl (C=O) groups is 1. The summed E-state index contributed by atoms with van der Waals surface area (Å²) >= 11 is 0. The van der Waals surface area contributed by atoms with Gasteiger partial charge in [-0.15, -0.1) is 0 Å². The van der Waals surface area contributed by atoms with Crippen molar-refractivity contribution in [2.45, 2.75) is 167 Å². The minimum atomic E-state index is -0.943. The van der Waals surface area contributed by atoms with Crippen LogP contribution in [0.1, 0.15) is 148 Å². The quantitative estimate of drug-likeness (QED) is 0.0881. The van der Waals surface area contributed by atoms with Crippen molar-refractivity contribution in [2.75, 3.05) is 0 Å². The van der Waals surface area contributed by atoms with E-state index in [0.29, 0.717) is 31.6 Å². The van der Waals surface area contributed by atoms with Gasteiger partial charge in [-0.3, -0.25) is 4.79 Å². The summed E-state index contributed by atoms with van der Waals surface area (Å²) in [5, 5.41) is 42.3. The lowest BCUT2D eigenvalue weighted by Gasteiger charge is -2.32. The number of aliphatic hydroxyl groups excluding tert-OH is 2. The van der Waals surface area contributed by atoms with Crippen molar-refractivity contribution in [3.63, 3.8) is 0 Å². The van der Waals surface area contributed by atoms with Gasteiger partial charge in [-0.05, 0) is 87.7 Å². The standard InChI is InChI=1S/C34H61NO5/c1-4-5-6-7-10-15-30(36)16-11-8-9-12-17-31(33(38)39)32(37)20-22-34(40)21-13-14-28(34)24-29-23-27(25-35-29)19-18-26(2)3/h23,25-26,28,30-32,35-37,40H,4-22,24H2,1-3H3,(H,38,39). The zero-order chi connectivity index (χ0) is 29.4. The zero-order valence-corrected chi connectivity index (χ0v) is 25.9. The highest BCUT2D eigenvalue weighted by Crippen LogP contribution is 2.41. The summed E-state index contributed by atoms with van der Waals surface area (Å²) in [5.74, 6) is -0.926. The van der Waals surface area contributed by atoms with Gasteiger partial charge in [-0.2, -0.15) is 0 Å². The van der Waals surface area contributed by atoms with Crippen molar-refractivity contribution in [1.29, 1.82) is 0 Å². The molecule has 1 heterocycles. The summed E-state index contributed by atoms with van der Waals surface area (Å²) in [4.78, 5) is 15.3. The van der Waals surface area contributed by atoms with E-state index in [2.05, 4.69) is 38.0 Å². The first-order chi connectivity index (χ1) is 19.1. The largest absolute Gasteiger partial charge is 0.481 e. The van der Waals surface area contributed by atoms with E-state index in [1.54, 1.807) is 0 Å². The Labute approximate surface area is 244 Å². The Bertz CT molecular complexity index is 808. The average Bonchev–Trinajstić information content (AvgIpc) is 3.51. The minimum Gasteiger partial charge on any atom is -0.481 e. The van der Waals surface area contributed by atoms with Crippen LogP contribution < -0.4 is 0 Å². The fraction of sp³-hybridized carbons (Fsp3) is 0.853. The number of nitrogens with one attached hydrogen (secondary N) is 1. The van der Waals surface area contributed by atoms with Gasteiger partial charge in [0.2, 0.25) is 0 Å². The van der Waals surface area contributed by atoms with Crippen LogP contribution in [0.2, 0.25) is 0 Å². The van der Waals surface area contributed by atoms with Gasteiger partial charge in [0.25, 0.3) is 0 Å². The number of carboxylic acids is 1. The first kappa shape index (κ1) is 34.8. The van der Waals surface area contributed by atoms with E-state index in [9.17, 15) is 25.2 Å². The number of aliphatic hydroxyl groups is 3. The van der Waals surface area contributed by atoms with E-state index in [0.717, 1.165) is 82.7 Å². The smallest absolute Gasteiger partial charge is 0.309 e. The number of aromatic nitrogens is 1. The molecule has 0 aromatic carbocycles. The van der Waals surface area contributed by atoms with Crippen LogP contribution in [0.4, 0.5) is 0 Å². The van der Waals surface area contributed by atoms with E-state index < -0.39 is 23.6 Å². The van der Waals surface area contributed by atoms with Gasteiger partial charge in [-0.25, -0.2) is 0 Å². The molecule has 2 rings (SSSR count). The highest BCUT2D eigenvalue weighted by Gasteiger charge is 2.41. The van der Waals surface area contributed by atoms with Crippen molar-refractivity contribution < 1.29 is 25.2 Å². The Hall–Kier alpha value is -1.37. The average molecular weight is 564 g/mol. The van der Waals surface area contributed by atoms with Crippen molar-refractivity contribution in [2.24, 2.45) is 17.8 Å². The minimum absolute atomic E-state index is 0.131. The zero-order valence-electron chi connectivity index (χ0n) is 25.9. The molecule has 6 heteroatoms. The predicted molar refractivity (Wildman–Crippen MR) is 163 cm³/mol. The molecule has 0 saturated heterocycles. The van der Waals surface area contributed by atoms with Crippen LogP contribution in [-0.4, -0.2) is 49.2 Å². The molecule has 40 heavy (non-hydrogen) atoms. The number of aromatic amines is 1. The highest BCUT2D eigenvalue weighted by molar-refractivity contribution is 5.70. The molecule has 1 aliphatic rings. The summed E-state index contributed by atoms with van der Waals surface area (Å²) in [6.45, 7) is 6.68. The third-order valence-electron chi connectivity index (χ3n) is 9.30. The number of hydrogen-bond donors (Lipinski definition) is 5. The topological polar surface area (TPSA) is 114 Å². The molecule has 6 nitrogen and oxygen atoms in total. The van der Waals surface area contributed by atoms with E-state index >= 15 is 0 Å². The predicted octanol–water partition coefficient (Wildman–Crippen LogP) is 7.58. The van der Waals surface area contributed by atoms with Gasteiger partial charge in [0.05, 0.1) is 23.7 Å². The fourth-order valence-electron chi connectivity index (χ4n) is 6.53. The number of aliphatic carboxylic acids is 1. The van der Waals surface area contributed by atoms with Gasteiger partial charge >= 0.3 is 5.97 Å². The van der Waals surface area contributed by atoms with Crippen LogP contribution in [0.3, 0.4) is 0 Å². The molecule has 0 spiro atoms. The molecule has 1 aliphatic carbocycles. The normalized spacial score (nSPS) is 21.6. The third-order valence-corrected chi connectivity index (χ3v) is 9.30. The highest BCUT2D eigenvalue weighted by atomic mass is 16.4. The molecular formula is C34H61NO5. The number of aryl methyl sites for hydroxylation is 1. The number of rotatable bonds is 23. The van der Waals surface area contributed by atoms with Crippen molar-refractivity contribution in [1.82, 2.24) is 4.98 Å². The second-order valence-electron chi connectivity index (χ2n) is 13.3. The molecule has 5 atom stereocenters. The summed E-state index contributed by atoms with van der Waals surface area (Å²) < 4.78 is 0. The lowest BCUT2D eigenvalue weighted by Crippen LogP contribution is -2.37. The molecule has 1 aromatic heterocycles. The molecule has 0 radical (unpaired) electrons. The van der Waals surface area contributed by atoms with Crippen molar-refractivity contribution in [3.05, 3.63) is 23.5 Å². The Morgan fingerprint density at radius 1 is 0.975 bits per heavy atom. The van der Waals surface area contributed by atoms with Crippen molar-refractivity contribution >= 4 is 5.97 Å². The summed E-state index contributed by atoms with van der Waals surface area (Å²) in [7, 11) is 0. The van der Waals surface area contributed by atoms with Gasteiger partial charge in [0.1, 0.15) is 0 Å². The molecule has 0 amide bonds. The maximum absolute atomic E-state index is 11.9. The molecule has 5 N–H and O–H groups in total. The van der Waals surface area contributed by atoms with Crippen LogP contribution in [0.5, 0.6) is 0 Å². The molecular weight excluding hydrogens is 502 g/mol.